The number of fused-ring (bicyclic) bond motifs is 1. The maximum atomic E-state index is 12.5. The number of hydrogen-bond acceptors (Lipinski definition) is 5. The predicted octanol–water partition coefficient (Wildman–Crippen LogP) is 0.504. The molecule has 0 amide bonds. The molecule has 0 saturated carbocycles. The third-order valence-corrected chi connectivity index (χ3v) is 5.63. The molecule has 120 valence electrons. The Balaban J connectivity index is 1.87. The molecule has 0 aliphatic carbocycles. The van der Waals surface area contributed by atoms with Crippen molar-refractivity contribution in [2.45, 2.75) is 23.8 Å². The van der Waals surface area contributed by atoms with Gasteiger partial charge in [-0.2, -0.15) is 0 Å². The first kappa shape index (κ1) is 15.3. The van der Waals surface area contributed by atoms with Crippen molar-refractivity contribution in [3.63, 3.8) is 0 Å². The minimum Gasteiger partial charge on any atom is -0.408 e. The molecule has 0 bridgehead atoms. The summed E-state index contributed by atoms with van der Waals surface area (Å²) in [6, 6.07) is 4.42. The number of likely N-dealkylation sites (tertiary alicyclic amines) is 1. The molecule has 1 N–H and O–H groups in total. The van der Waals surface area contributed by atoms with E-state index in [4.69, 9.17) is 4.42 Å². The van der Waals surface area contributed by atoms with Crippen LogP contribution in [0.1, 0.15) is 12.8 Å². The molecule has 1 aromatic carbocycles. The van der Waals surface area contributed by atoms with E-state index in [1.807, 2.05) is 7.05 Å². The fraction of sp³-hybridized carbons (Fsp3) is 0.500. The quantitative estimate of drug-likeness (QED) is 0.888. The summed E-state index contributed by atoms with van der Waals surface area (Å²) < 4.78 is 34.1. The number of oxazole rings is 1. The van der Waals surface area contributed by atoms with Crippen LogP contribution in [0, 0.1) is 0 Å². The molecule has 1 fully saturated rings. The fourth-order valence-electron chi connectivity index (χ4n) is 2.70. The summed E-state index contributed by atoms with van der Waals surface area (Å²) >= 11 is 0. The van der Waals surface area contributed by atoms with E-state index in [2.05, 4.69) is 9.62 Å². The number of aryl methyl sites for hydroxylation is 1. The summed E-state index contributed by atoms with van der Waals surface area (Å²) in [5.41, 5.74) is 0.849. The molecular weight excluding hydrogens is 306 g/mol. The molecule has 8 heteroatoms. The van der Waals surface area contributed by atoms with Crippen LogP contribution in [-0.4, -0.2) is 44.1 Å². The number of rotatable bonds is 3. The van der Waals surface area contributed by atoms with Crippen LogP contribution < -0.4 is 10.5 Å². The Labute approximate surface area is 128 Å². The van der Waals surface area contributed by atoms with Gasteiger partial charge in [-0.3, -0.25) is 4.57 Å². The first-order valence-corrected chi connectivity index (χ1v) is 8.65. The molecule has 1 saturated heterocycles. The van der Waals surface area contributed by atoms with Gasteiger partial charge in [0, 0.05) is 19.2 Å². The SMILES string of the molecule is CN1CCC(NS(=O)(=O)c2ccc3c(c2)oc(=O)n3C)CC1. The maximum absolute atomic E-state index is 12.5. The average molecular weight is 325 g/mol. The number of piperidine rings is 1. The van der Waals surface area contributed by atoms with Crippen molar-refractivity contribution in [2.24, 2.45) is 7.05 Å². The van der Waals surface area contributed by atoms with Gasteiger partial charge in [0.15, 0.2) is 5.58 Å². The van der Waals surface area contributed by atoms with Crippen LogP contribution in [0.25, 0.3) is 11.1 Å². The van der Waals surface area contributed by atoms with E-state index < -0.39 is 15.8 Å². The molecule has 2 heterocycles. The molecule has 2 aromatic rings. The van der Waals surface area contributed by atoms with Gasteiger partial charge in [0.2, 0.25) is 10.0 Å². The second-order valence-corrected chi connectivity index (χ2v) is 7.47. The summed E-state index contributed by atoms with van der Waals surface area (Å²) in [4.78, 5) is 13.8. The first-order chi connectivity index (χ1) is 10.4. The number of benzene rings is 1. The molecule has 1 aliphatic rings. The van der Waals surface area contributed by atoms with Gasteiger partial charge in [0.05, 0.1) is 10.4 Å². The average Bonchev–Trinajstić information content (AvgIpc) is 2.76. The highest BCUT2D eigenvalue weighted by atomic mass is 32.2. The monoisotopic (exact) mass is 325 g/mol. The van der Waals surface area contributed by atoms with Gasteiger partial charge in [-0.1, -0.05) is 0 Å². The van der Waals surface area contributed by atoms with E-state index in [0.29, 0.717) is 5.52 Å². The lowest BCUT2D eigenvalue weighted by Crippen LogP contribution is -2.43. The molecule has 3 rings (SSSR count). The van der Waals surface area contributed by atoms with E-state index in [0.717, 1.165) is 25.9 Å². The lowest BCUT2D eigenvalue weighted by Gasteiger charge is -2.29. The number of nitrogens with zero attached hydrogens (tertiary/aromatic N) is 2. The molecule has 0 atom stereocenters. The zero-order valence-corrected chi connectivity index (χ0v) is 13.4. The first-order valence-electron chi connectivity index (χ1n) is 7.17. The lowest BCUT2D eigenvalue weighted by atomic mass is 10.1. The van der Waals surface area contributed by atoms with E-state index in [9.17, 15) is 13.2 Å². The molecule has 0 spiro atoms. The van der Waals surface area contributed by atoms with Crippen LogP contribution in [0.2, 0.25) is 0 Å². The Morgan fingerprint density at radius 2 is 1.91 bits per heavy atom. The Morgan fingerprint density at radius 3 is 2.59 bits per heavy atom. The normalized spacial score (nSPS) is 18.1. The highest BCUT2D eigenvalue weighted by molar-refractivity contribution is 7.89. The number of hydrogen-bond donors (Lipinski definition) is 1. The van der Waals surface area contributed by atoms with E-state index >= 15 is 0 Å². The van der Waals surface area contributed by atoms with Gasteiger partial charge in [-0.15, -0.1) is 0 Å². The largest absolute Gasteiger partial charge is 0.419 e. The van der Waals surface area contributed by atoms with Crippen LogP contribution >= 0.6 is 0 Å². The van der Waals surface area contributed by atoms with E-state index in [1.165, 1.54) is 16.7 Å². The van der Waals surface area contributed by atoms with Gasteiger partial charge in [-0.25, -0.2) is 17.9 Å². The van der Waals surface area contributed by atoms with E-state index in [-0.39, 0.29) is 16.5 Å². The summed E-state index contributed by atoms with van der Waals surface area (Å²) in [6.07, 6.45) is 1.58. The van der Waals surface area contributed by atoms with Crippen LogP contribution in [-0.2, 0) is 17.1 Å². The molecule has 22 heavy (non-hydrogen) atoms. The minimum atomic E-state index is -3.61. The molecule has 0 radical (unpaired) electrons. The second kappa shape index (κ2) is 5.53. The van der Waals surface area contributed by atoms with Crippen molar-refractivity contribution in [2.75, 3.05) is 20.1 Å². The van der Waals surface area contributed by atoms with Gasteiger partial charge >= 0.3 is 5.76 Å². The molecule has 0 unspecified atom stereocenters. The number of aromatic nitrogens is 1. The Morgan fingerprint density at radius 1 is 1.23 bits per heavy atom. The summed E-state index contributed by atoms with van der Waals surface area (Å²) in [6.45, 7) is 1.75. The van der Waals surface area contributed by atoms with Gasteiger partial charge < -0.3 is 9.32 Å². The van der Waals surface area contributed by atoms with Crippen LogP contribution in [0.5, 0.6) is 0 Å². The zero-order chi connectivity index (χ0) is 15.9. The third-order valence-electron chi connectivity index (χ3n) is 4.11. The van der Waals surface area contributed by atoms with Crippen molar-refractivity contribution >= 4 is 21.1 Å². The summed E-state index contributed by atoms with van der Waals surface area (Å²) in [5, 5.41) is 0. The van der Waals surface area contributed by atoms with Gasteiger partial charge in [0.1, 0.15) is 0 Å². The number of nitrogens with one attached hydrogen (secondary N) is 1. The second-order valence-electron chi connectivity index (χ2n) is 5.76. The molecular formula is C14H19N3O4S. The fourth-order valence-corrected chi connectivity index (χ4v) is 4.02. The topological polar surface area (TPSA) is 84.6 Å². The molecule has 1 aromatic heterocycles. The summed E-state index contributed by atoms with van der Waals surface area (Å²) in [5.74, 6) is -0.507. The Bertz CT molecular complexity index is 845. The number of sulfonamides is 1. The maximum Gasteiger partial charge on any atom is 0.419 e. The smallest absolute Gasteiger partial charge is 0.408 e. The zero-order valence-electron chi connectivity index (χ0n) is 12.6. The summed E-state index contributed by atoms with van der Waals surface area (Å²) in [7, 11) is -0.00592. The molecule has 1 aliphatic heterocycles. The lowest BCUT2D eigenvalue weighted by molar-refractivity contribution is 0.248. The highest BCUT2D eigenvalue weighted by Gasteiger charge is 2.24. The van der Waals surface area contributed by atoms with Crippen molar-refractivity contribution in [1.29, 1.82) is 0 Å². The third kappa shape index (κ3) is 2.81. The van der Waals surface area contributed by atoms with Crippen molar-refractivity contribution in [3.8, 4) is 0 Å². The van der Waals surface area contributed by atoms with Crippen molar-refractivity contribution in [3.05, 3.63) is 28.7 Å². The standard InChI is InChI=1S/C14H19N3O4S/c1-16-7-5-10(6-8-16)15-22(19,20)11-3-4-12-13(9-11)21-14(18)17(12)2/h3-4,9-10,15H,5-8H2,1-2H3. The van der Waals surface area contributed by atoms with E-state index in [1.54, 1.807) is 13.1 Å². The van der Waals surface area contributed by atoms with Crippen molar-refractivity contribution < 1.29 is 12.8 Å². The minimum absolute atomic E-state index is 0.0559. The van der Waals surface area contributed by atoms with Gasteiger partial charge in [-0.05, 0) is 45.1 Å². The predicted molar refractivity (Wildman–Crippen MR) is 82.3 cm³/mol. The van der Waals surface area contributed by atoms with Crippen LogP contribution in [0.4, 0.5) is 0 Å². The van der Waals surface area contributed by atoms with Gasteiger partial charge in [0.25, 0.3) is 0 Å². The Kier molecular flexibility index (Phi) is 3.84. The van der Waals surface area contributed by atoms with Crippen molar-refractivity contribution in [1.82, 2.24) is 14.2 Å². The molecule has 7 nitrogen and oxygen atoms in total. The Hall–Kier alpha value is -1.64. The van der Waals surface area contributed by atoms with Crippen LogP contribution in [0.3, 0.4) is 0 Å². The van der Waals surface area contributed by atoms with Crippen LogP contribution in [0.15, 0.2) is 32.3 Å². The highest BCUT2D eigenvalue weighted by Crippen LogP contribution is 2.19.